The van der Waals surface area contributed by atoms with Crippen LogP contribution in [0.4, 0.5) is 11.4 Å². The molecular weight excluding hydrogens is 292 g/mol. The molecule has 0 radical (unpaired) electrons. The highest BCUT2D eigenvalue weighted by Crippen LogP contribution is 2.30. The number of carboxylic acid groups (broad SMARTS) is 1. The van der Waals surface area contributed by atoms with Crippen molar-refractivity contribution in [2.75, 3.05) is 7.11 Å². The number of azo groups is 1. The van der Waals surface area contributed by atoms with Crippen LogP contribution in [0, 0.1) is 0 Å². The van der Waals surface area contributed by atoms with E-state index in [4.69, 9.17) is 4.74 Å². The lowest BCUT2D eigenvalue weighted by atomic mass is 10.0. The molecule has 0 aromatic heterocycles. The quantitative estimate of drug-likeness (QED) is 0.692. The van der Waals surface area contributed by atoms with Gasteiger partial charge in [0.15, 0.2) is 0 Å². The summed E-state index contributed by atoms with van der Waals surface area (Å²) in [6.07, 6.45) is 0. The summed E-state index contributed by atoms with van der Waals surface area (Å²) >= 11 is 0. The number of carbonyl (C=O) groups is 1. The number of fused-ring (bicyclic) bond motifs is 1. The molecule has 0 atom stereocenters. The lowest BCUT2D eigenvalue weighted by Crippen LogP contribution is -1.98. The first-order valence-corrected chi connectivity index (χ1v) is 7.00. The summed E-state index contributed by atoms with van der Waals surface area (Å²) in [5, 5.41) is 19.2. The Labute approximate surface area is 132 Å². The molecule has 23 heavy (non-hydrogen) atoms. The first kappa shape index (κ1) is 14.7. The summed E-state index contributed by atoms with van der Waals surface area (Å²) in [4.78, 5) is 11.6. The van der Waals surface area contributed by atoms with Gasteiger partial charge in [-0.3, -0.25) is 0 Å². The standard InChI is InChI=1S/C18H14N2O3/c1-23-14-9-7-13(8-10-14)19-20-16-11-6-12-4-2-3-5-15(12)17(16)18(21)22/h2-11H,1H3,(H,21,22). The Hall–Kier alpha value is -3.21. The molecule has 114 valence electrons. The highest BCUT2D eigenvalue weighted by molar-refractivity contribution is 6.08. The van der Waals surface area contributed by atoms with Crippen molar-refractivity contribution in [3.63, 3.8) is 0 Å². The Kier molecular flexibility index (Phi) is 4.01. The van der Waals surface area contributed by atoms with Gasteiger partial charge in [-0.2, -0.15) is 5.11 Å². The number of benzene rings is 3. The van der Waals surface area contributed by atoms with Gasteiger partial charge in [0.05, 0.1) is 18.4 Å². The van der Waals surface area contributed by atoms with Gasteiger partial charge in [-0.15, -0.1) is 5.11 Å². The first-order chi connectivity index (χ1) is 11.2. The minimum absolute atomic E-state index is 0.153. The summed E-state index contributed by atoms with van der Waals surface area (Å²) in [6.45, 7) is 0. The predicted octanol–water partition coefficient (Wildman–Crippen LogP) is 4.96. The second kappa shape index (κ2) is 6.27. The molecule has 3 rings (SSSR count). The van der Waals surface area contributed by atoms with E-state index < -0.39 is 5.97 Å². The van der Waals surface area contributed by atoms with Gasteiger partial charge in [0.2, 0.25) is 0 Å². The second-order valence-electron chi connectivity index (χ2n) is 4.88. The van der Waals surface area contributed by atoms with Crippen LogP contribution in [-0.2, 0) is 0 Å². The molecule has 0 bridgehead atoms. The van der Waals surface area contributed by atoms with Crippen molar-refractivity contribution in [3.8, 4) is 5.75 Å². The molecular formula is C18H14N2O3. The van der Waals surface area contributed by atoms with E-state index in [9.17, 15) is 9.90 Å². The SMILES string of the molecule is COc1ccc(N=Nc2ccc3ccccc3c2C(=O)O)cc1. The van der Waals surface area contributed by atoms with E-state index in [2.05, 4.69) is 10.2 Å². The highest BCUT2D eigenvalue weighted by atomic mass is 16.5. The maximum Gasteiger partial charge on any atom is 0.338 e. The van der Waals surface area contributed by atoms with Crippen LogP contribution in [0.15, 0.2) is 70.9 Å². The van der Waals surface area contributed by atoms with Crippen molar-refractivity contribution in [2.45, 2.75) is 0 Å². The van der Waals surface area contributed by atoms with Gasteiger partial charge >= 0.3 is 5.97 Å². The molecule has 0 heterocycles. The van der Waals surface area contributed by atoms with Crippen molar-refractivity contribution in [2.24, 2.45) is 10.2 Å². The molecule has 0 fully saturated rings. The van der Waals surface area contributed by atoms with Crippen LogP contribution in [0.2, 0.25) is 0 Å². The molecule has 1 N–H and O–H groups in total. The number of hydrogen-bond acceptors (Lipinski definition) is 4. The number of carboxylic acids is 1. The maximum atomic E-state index is 11.6. The van der Waals surface area contributed by atoms with Gasteiger partial charge in [0, 0.05) is 0 Å². The van der Waals surface area contributed by atoms with E-state index in [1.165, 1.54) is 0 Å². The van der Waals surface area contributed by atoms with Crippen molar-refractivity contribution in [1.29, 1.82) is 0 Å². The number of aromatic carboxylic acids is 1. The van der Waals surface area contributed by atoms with Gasteiger partial charge in [-0.05, 0) is 41.1 Å². The fraction of sp³-hybridized carbons (Fsp3) is 0.0556. The Morgan fingerprint density at radius 2 is 1.70 bits per heavy atom. The molecule has 0 aliphatic rings. The molecule has 0 spiro atoms. The number of nitrogens with zero attached hydrogens (tertiary/aromatic N) is 2. The van der Waals surface area contributed by atoms with Crippen LogP contribution in [0.1, 0.15) is 10.4 Å². The number of hydrogen-bond donors (Lipinski definition) is 1. The van der Waals surface area contributed by atoms with E-state index in [1.807, 2.05) is 18.2 Å². The zero-order valence-corrected chi connectivity index (χ0v) is 12.4. The maximum absolute atomic E-state index is 11.6. The van der Waals surface area contributed by atoms with E-state index in [1.54, 1.807) is 49.6 Å². The van der Waals surface area contributed by atoms with Gasteiger partial charge in [-0.25, -0.2) is 4.79 Å². The van der Waals surface area contributed by atoms with Crippen LogP contribution in [0.3, 0.4) is 0 Å². The Morgan fingerprint density at radius 1 is 0.957 bits per heavy atom. The normalized spacial score (nSPS) is 11.0. The van der Waals surface area contributed by atoms with Crippen molar-refractivity contribution < 1.29 is 14.6 Å². The molecule has 5 heteroatoms. The fourth-order valence-corrected chi connectivity index (χ4v) is 2.33. The molecule has 3 aromatic rings. The first-order valence-electron chi connectivity index (χ1n) is 7.00. The van der Waals surface area contributed by atoms with Crippen LogP contribution in [0.25, 0.3) is 10.8 Å². The van der Waals surface area contributed by atoms with Gasteiger partial charge < -0.3 is 9.84 Å². The van der Waals surface area contributed by atoms with Gasteiger partial charge in [0.1, 0.15) is 11.4 Å². The monoisotopic (exact) mass is 306 g/mol. The molecule has 0 aliphatic heterocycles. The Morgan fingerprint density at radius 3 is 2.39 bits per heavy atom. The Balaban J connectivity index is 2.03. The van der Waals surface area contributed by atoms with Crippen LogP contribution >= 0.6 is 0 Å². The zero-order chi connectivity index (χ0) is 16.2. The number of rotatable bonds is 4. The lowest BCUT2D eigenvalue weighted by Gasteiger charge is -2.05. The minimum Gasteiger partial charge on any atom is -0.497 e. The summed E-state index contributed by atoms with van der Waals surface area (Å²) in [6, 6.07) is 17.9. The smallest absolute Gasteiger partial charge is 0.338 e. The predicted molar refractivity (Wildman–Crippen MR) is 88.1 cm³/mol. The second-order valence-corrected chi connectivity index (χ2v) is 4.88. The molecule has 0 saturated carbocycles. The fourth-order valence-electron chi connectivity index (χ4n) is 2.33. The van der Waals surface area contributed by atoms with Crippen LogP contribution in [-0.4, -0.2) is 18.2 Å². The average molecular weight is 306 g/mol. The largest absolute Gasteiger partial charge is 0.497 e. The summed E-state index contributed by atoms with van der Waals surface area (Å²) in [7, 11) is 1.59. The number of ether oxygens (including phenoxy) is 1. The molecule has 0 aliphatic carbocycles. The highest BCUT2D eigenvalue weighted by Gasteiger charge is 2.14. The number of methoxy groups -OCH3 is 1. The van der Waals surface area contributed by atoms with Crippen molar-refractivity contribution in [1.82, 2.24) is 0 Å². The minimum atomic E-state index is -1.02. The molecule has 0 saturated heterocycles. The third-order valence-electron chi connectivity index (χ3n) is 3.47. The topological polar surface area (TPSA) is 71.2 Å². The van der Waals surface area contributed by atoms with Crippen molar-refractivity contribution >= 4 is 28.1 Å². The third-order valence-corrected chi connectivity index (χ3v) is 3.47. The molecule has 3 aromatic carbocycles. The van der Waals surface area contributed by atoms with Gasteiger partial charge in [-0.1, -0.05) is 30.3 Å². The Bertz CT molecular complexity index is 886. The van der Waals surface area contributed by atoms with E-state index >= 15 is 0 Å². The van der Waals surface area contributed by atoms with Gasteiger partial charge in [0.25, 0.3) is 0 Å². The summed E-state index contributed by atoms with van der Waals surface area (Å²) in [5.41, 5.74) is 1.10. The zero-order valence-electron chi connectivity index (χ0n) is 12.4. The molecule has 0 unspecified atom stereocenters. The van der Waals surface area contributed by atoms with Crippen LogP contribution in [0.5, 0.6) is 5.75 Å². The van der Waals surface area contributed by atoms with E-state index in [0.29, 0.717) is 16.8 Å². The molecule has 5 nitrogen and oxygen atoms in total. The van der Waals surface area contributed by atoms with Crippen molar-refractivity contribution in [3.05, 3.63) is 66.2 Å². The lowest BCUT2D eigenvalue weighted by molar-refractivity contribution is 0.0700. The summed E-state index contributed by atoms with van der Waals surface area (Å²) in [5.74, 6) is -0.300. The third kappa shape index (κ3) is 3.03. The van der Waals surface area contributed by atoms with Crippen LogP contribution < -0.4 is 4.74 Å². The van der Waals surface area contributed by atoms with E-state index in [-0.39, 0.29) is 5.56 Å². The summed E-state index contributed by atoms with van der Waals surface area (Å²) < 4.78 is 5.08. The van der Waals surface area contributed by atoms with E-state index in [0.717, 1.165) is 11.1 Å². The average Bonchev–Trinajstić information content (AvgIpc) is 2.59. The molecule has 0 amide bonds.